The van der Waals surface area contributed by atoms with Gasteiger partial charge in [-0.15, -0.1) is 0 Å². The molecule has 0 saturated heterocycles. The molecule has 0 aromatic heterocycles. The number of rotatable bonds is 7. The molecule has 0 heterocycles. The highest BCUT2D eigenvalue weighted by Gasteiger charge is 2.22. The molecule has 2 aromatic carbocycles. The molecule has 2 aromatic rings. The van der Waals surface area contributed by atoms with E-state index in [4.69, 9.17) is 4.74 Å². The number of benzene rings is 2. The third-order valence-electron chi connectivity index (χ3n) is 4.62. The number of amides is 1. The van der Waals surface area contributed by atoms with Gasteiger partial charge in [-0.25, -0.2) is 17.2 Å². The molecule has 9 heteroatoms. The van der Waals surface area contributed by atoms with Crippen LogP contribution in [-0.2, 0) is 14.8 Å². The number of carbonyl (C=O) groups is 1. The molecule has 3 rings (SSSR count). The van der Waals surface area contributed by atoms with Gasteiger partial charge in [-0.3, -0.25) is 9.10 Å². The molecule has 29 heavy (non-hydrogen) atoms. The summed E-state index contributed by atoms with van der Waals surface area (Å²) in [6.45, 7) is -0.579. The minimum atomic E-state index is -3.89. The van der Waals surface area contributed by atoms with Gasteiger partial charge in [0, 0.05) is 11.8 Å². The van der Waals surface area contributed by atoms with Crippen molar-refractivity contribution in [2.45, 2.75) is 31.8 Å². The zero-order chi connectivity index (χ0) is 21.0. The fourth-order valence-corrected chi connectivity index (χ4v) is 4.03. The molecule has 1 saturated carbocycles. The molecule has 0 unspecified atom stereocenters. The second-order valence-electron chi connectivity index (χ2n) is 6.96. The quantitative estimate of drug-likeness (QED) is 0.736. The van der Waals surface area contributed by atoms with Crippen molar-refractivity contribution in [2.24, 2.45) is 0 Å². The van der Waals surface area contributed by atoms with Gasteiger partial charge in [0.15, 0.2) is 11.6 Å². The number of hydrogen-bond donors (Lipinski definition) is 1. The Morgan fingerprint density at radius 3 is 2.34 bits per heavy atom. The van der Waals surface area contributed by atoms with Gasteiger partial charge >= 0.3 is 0 Å². The first-order valence-corrected chi connectivity index (χ1v) is 11.1. The van der Waals surface area contributed by atoms with Crippen molar-refractivity contribution in [3.8, 4) is 5.75 Å². The Morgan fingerprint density at radius 2 is 1.76 bits per heavy atom. The first-order chi connectivity index (χ1) is 13.7. The van der Waals surface area contributed by atoms with Gasteiger partial charge in [-0.2, -0.15) is 0 Å². The monoisotopic (exact) mass is 424 g/mol. The van der Waals surface area contributed by atoms with Gasteiger partial charge in [0.05, 0.1) is 18.0 Å². The maximum absolute atomic E-state index is 13.5. The minimum Gasteiger partial charge on any atom is -0.490 e. The van der Waals surface area contributed by atoms with Crippen LogP contribution in [0.2, 0.25) is 0 Å². The Balaban J connectivity index is 1.66. The predicted octanol–water partition coefficient (Wildman–Crippen LogP) is 3.69. The van der Waals surface area contributed by atoms with E-state index in [9.17, 15) is 22.0 Å². The molecule has 0 aliphatic heterocycles. The normalized spacial score (nSPS) is 14.6. The van der Waals surface area contributed by atoms with Crippen molar-refractivity contribution < 1.29 is 26.7 Å². The van der Waals surface area contributed by atoms with Crippen molar-refractivity contribution in [1.29, 1.82) is 0 Å². The third kappa shape index (κ3) is 5.66. The maximum atomic E-state index is 13.5. The molecule has 1 aliphatic carbocycles. The second-order valence-corrected chi connectivity index (χ2v) is 8.87. The van der Waals surface area contributed by atoms with Gasteiger partial charge in [0.1, 0.15) is 12.3 Å². The van der Waals surface area contributed by atoms with Crippen molar-refractivity contribution in [3.05, 3.63) is 54.1 Å². The minimum absolute atomic E-state index is 0.137. The summed E-state index contributed by atoms with van der Waals surface area (Å²) < 4.78 is 57.3. The topological polar surface area (TPSA) is 75.7 Å². The number of anilines is 2. The summed E-state index contributed by atoms with van der Waals surface area (Å²) >= 11 is 0. The molecule has 156 valence electrons. The average Bonchev–Trinajstić information content (AvgIpc) is 3.16. The molecule has 1 aliphatic rings. The molecule has 0 spiro atoms. The highest BCUT2D eigenvalue weighted by Crippen LogP contribution is 2.25. The fourth-order valence-electron chi connectivity index (χ4n) is 3.19. The Labute approximate surface area is 168 Å². The number of carbonyl (C=O) groups excluding carboxylic acids is 1. The lowest BCUT2D eigenvalue weighted by Crippen LogP contribution is -2.37. The summed E-state index contributed by atoms with van der Waals surface area (Å²) in [4.78, 5) is 12.3. The first kappa shape index (κ1) is 21.0. The number of nitrogens with one attached hydrogen (secondary N) is 1. The van der Waals surface area contributed by atoms with Crippen LogP contribution in [0, 0.1) is 11.6 Å². The van der Waals surface area contributed by atoms with E-state index in [0.717, 1.165) is 50.1 Å². The predicted molar refractivity (Wildman–Crippen MR) is 107 cm³/mol. The lowest BCUT2D eigenvalue weighted by molar-refractivity contribution is -0.114. The highest BCUT2D eigenvalue weighted by atomic mass is 32.2. The third-order valence-corrected chi connectivity index (χ3v) is 5.76. The number of halogens is 2. The largest absolute Gasteiger partial charge is 0.490 e. The summed E-state index contributed by atoms with van der Waals surface area (Å²) in [5.74, 6) is -2.22. The zero-order valence-corrected chi connectivity index (χ0v) is 16.7. The van der Waals surface area contributed by atoms with E-state index in [2.05, 4.69) is 5.32 Å². The van der Waals surface area contributed by atoms with Crippen LogP contribution in [0.4, 0.5) is 20.2 Å². The van der Waals surface area contributed by atoms with Gasteiger partial charge in [0.2, 0.25) is 15.9 Å². The summed E-state index contributed by atoms with van der Waals surface area (Å²) in [6.07, 6.45) is 5.49. The van der Waals surface area contributed by atoms with Crippen molar-refractivity contribution >= 4 is 27.3 Å². The Kier molecular flexibility index (Phi) is 6.36. The molecule has 0 bridgehead atoms. The van der Waals surface area contributed by atoms with Crippen LogP contribution in [0.5, 0.6) is 5.75 Å². The first-order valence-electron chi connectivity index (χ1n) is 9.22. The lowest BCUT2D eigenvalue weighted by Gasteiger charge is -2.22. The SMILES string of the molecule is CS(=O)(=O)N(CC(=O)Nc1ccc(OC2CCCC2)cc1)c1ccc(F)c(F)c1. The van der Waals surface area contributed by atoms with Crippen LogP contribution in [0.15, 0.2) is 42.5 Å². The van der Waals surface area contributed by atoms with Crippen LogP contribution >= 0.6 is 0 Å². The molecule has 6 nitrogen and oxygen atoms in total. The van der Waals surface area contributed by atoms with Crippen molar-refractivity contribution in [1.82, 2.24) is 0 Å². The molecule has 1 amide bonds. The van der Waals surface area contributed by atoms with Crippen molar-refractivity contribution in [2.75, 3.05) is 22.4 Å². The summed E-state index contributed by atoms with van der Waals surface area (Å²) in [6, 6.07) is 9.43. The van der Waals surface area contributed by atoms with Gasteiger partial charge in [-0.05, 0) is 62.1 Å². The Bertz CT molecular complexity index is 974. The second kappa shape index (κ2) is 8.77. The summed E-state index contributed by atoms with van der Waals surface area (Å²) in [7, 11) is -3.89. The molecule has 0 radical (unpaired) electrons. The van der Waals surface area contributed by atoms with Crippen molar-refractivity contribution in [3.63, 3.8) is 0 Å². The van der Waals surface area contributed by atoms with E-state index < -0.39 is 34.1 Å². The van der Waals surface area contributed by atoms with Crippen LogP contribution in [-0.4, -0.2) is 33.2 Å². The highest BCUT2D eigenvalue weighted by molar-refractivity contribution is 7.92. The molecule has 1 N–H and O–H groups in total. The van der Waals surface area contributed by atoms with E-state index in [1.165, 1.54) is 0 Å². The number of ether oxygens (including phenoxy) is 1. The molecular weight excluding hydrogens is 402 g/mol. The number of sulfonamides is 1. The van der Waals surface area contributed by atoms with Crippen LogP contribution in [0.25, 0.3) is 0 Å². The van der Waals surface area contributed by atoms with Crippen LogP contribution in [0.1, 0.15) is 25.7 Å². The van der Waals surface area contributed by atoms with Crippen LogP contribution in [0.3, 0.4) is 0 Å². The standard InChI is InChI=1S/C20H22F2N2O4S/c1-29(26,27)24(15-8-11-18(21)19(22)12-15)13-20(25)23-14-6-9-17(10-7-14)28-16-4-2-3-5-16/h6-12,16H,2-5,13H2,1H3,(H,23,25). The van der Waals surface area contributed by atoms with E-state index in [-0.39, 0.29) is 11.8 Å². The lowest BCUT2D eigenvalue weighted by atomic mass is 10.2. The zero-order valence-electron chi connectivity index (χ0n) is 15.9. The molecule has 1 fully saturated rings. The van der Waals surface area contributed by atoms with E-state index >= 15 is 0 Å². The van der Waals surface area contributed by atoms with Crippen LogP contribution < -0.4 is 14.4 Å². The number of hydrogen-bond acceptors (Lipinski definition) is 4. The van der Waals surface area contributed by atoms with E-state index in [1.807, 2.05) is 0 Å². The smallest absolute Gasteiger partial charge is 0.245 e. The summed E-state index contributed by atoms with van der Waals surface area (Å²) in [5.41, 5.74) is 0.328. The van der Waals surface area contributed by atoms with E-state index in [0.29, 0.717) is 15.7 Å². The van der Waals surface area contributed by atoms with Gasteiger partial charge < -0.3 is 10.1 Å². The Morgan fingerprint density at radius 1 is 1.10 bits per heavy atom. The maximum Gasteiger partial charge on any atom is 0.245 e. The molecular formula is C20H22F2N2O4S. The molecule has 0 atom stereocenters. The summed E-state index contributed by atoms with van der Waals surface area (Å²) in [5, 5.41) is 2.59. The fraction of sp³-hybridized carbons (Fsp3) is 0.350. The van der Waals surface area contributed by atoms with Gasteiger partial charge in [0.25, 0.3) is 0 Å². The Hall–Kier alpha value is -2.68. The van der Waals surface area contributed by atoms with E-state index in [1.54, 1.807) is 24.3 Å². The number of nitrogens with zero attached hydrogens (tertiary/aromatic N) is 1. The van der Waals surface area contributed by atoms with Gasteiger partial charge in [-0.1, -0.05) is 0 Å². The average molecular weight is 424 g/mol.